The van der Waals surface area contributed by atoms with Crippen LogP contribution in [0.15, 0.2) is 65.5 Å². The predicted molar refractivity (Wildman–Crippen MR) is 104 cm³/mol. The van der Waals surface area contributed by atoms with Crippen LogP contribution in [0, 0.1) is 0 Å². The van der Waals surface area contributed by atoms with Crippen LogP contribution < -0.4 is 0 Å². The summed E-state index contributed by atoms with van der Waals surface area (Å²) in [5.74, 6) is 1.01. The van der Waals surface area contributed by atoms with Gasteiger partial charge in [0.05, 0.1) is 11.8 Å². The van der Waals surface area contributed by atoms with E-state index >= 15 is 0 Å². The Bertz CT molecular complexity index is 1120. The number of likely N-dealkylation sites (N-methyl/N-ethyl adjacent to an activating group) is 1. The Morgan fingerprint density at radius 1 is 1.11 bits per heavy atom. The normalized spacial score (nSPS) is 17.1. The summed E-state index contributed by atoms with van der Waals surface area (Å²) in [7, 11) is 2.08. The zero-order chi connectivity index (χ0) is 18.4. The van der Waals surface area contributed by atoms with Crippen LogP contribution >= 0.6 is 0 Å². The molecule has 0 aliphatic carbocycles. The van der Waals surface area contributed by atoms with Crippen molar-refractivity contribution >= 4 is 11.0 Å². The van der Waals surface area contributed by atoms with E-state index in [1.165, 1.54) is 5.56 Å². The second kappa shape index (κ2) is 6.21. The maximum absolute atomic E-state index is 11.0. The predicted octanol–water partition coefficient (Wildman–Crippen LogP) is 4.17. The lowest BCUT2D eigenvalue weighted by Crippen LogP contribution is -2.31. The number of rotatable bonds is 2. The van der Waals surface area contributed by atoms with Crippen LogP contribution in [0.3, 0.4) is 0 Å². The molecular weight excluding hydrogens is 338 g/mol. The maximum Gasteiger partial charge on any atom is 0.162 e. The number of aromatic hydroxyl groups is 1. The van der Waals surface area contributed by atoms with E-state index in [4.69, 9.17) is 4.42 Å². The molecule has 5 heteroatoms. The molecule has 0 bridgehead atoms. The first-order valence-electron chi connectivity index (χ1n) is 8.98. The molecule has 1 aliphatic rings. The molecule has 0 saturated carbocycles. The SMILES string of the molecule is CN1Cc2c(ccc(-c3ncccn3)c2O)C(c2ccc3occc3c2)C1. The van der Waals surface area contributed by atoms with Gasteiger partial charge in [0.2, 0.25) is 0 Å². The van der Waals surface area contributed by atoms with Gasteiger partial charge in [0, 0.05) is 42.4 Å². The molecule has 134 valence electrons. The van der Waals surface area contributed by atoms with Crippen LogP contribution in [0.5, 0.6) is 5.75 Å². The third-order valence-electron chi connectivity index (χ3n) is 5.30. The van der Waals surface area contributed by atoms with Crippen LogP contribution in [-0.2, 0) is 6.54 Å². The number of furan rings is 1. The molecule has 3 heterocycles. The molecule has 2 aromatic heterocycles. The Kier molecular flexibility index (Phi) is 3.69. The number of fused-ring (bicyclic) bond motifs is 2. The van der Waals surface area contributed by atoms with Gasteiger partial charge < -0.3 is 14.4 Å². The minimum atomic E-state index is 0.190. The summed E-state index contributed by atoms with van der Waals surface area (Å²) in [4.78, 5) is 10.8. The fourth-order valence-corrected chi connectivity index (χ4v) is 3.99. The van der Waals surface area contributed by atoms with Crippen molar-refractivity contribution < 1.29 is 9.52 Å². The standard InChI is InChI=1S/C22H19N3O2/c1-25-12-18(14-3-6-20-15(11-14)7-10-27-20)16-4-5-17(21(26)19(16)13-25)22-23-8-2-9-24-22/h2-11,18,26H,12-13H2,1H3. The monoisotopic (exact) mass is 357 g/mol. The highest BCUT2D eigenvalue weighted by Crippen LogP contribution is 2.41. The first kappa shape index (κ1) is 16.0. The van der Waals surface area contributed by atoms with Crippen LogP contribution in [-0.4, -0.2) is 33.6 Å². The molecule has 2 aromatic carbocycles. The number of benzene rings is 2. The molecule has 27 heavy (non-hydrogen) atoms. The van der Waals surface area contributed by atoms with Gasteiger partial charge in [0.15, 0.2) is 5.82 Å². The van der Waals surface area contributed by atoms with E-state index in [1.54, 1.807) is 24.7 Å². The summed E-state index contributed by atoms with van der Waals surface area (Å²) in [6, 6.07) is 14.1. The first-order valence-corrected chi connectivity index (χ1v) is 8.98. The molecule has 5 rings (SSSR count). The molecule has 1 N–H and O–H groups in total. The zero-order valence-electron chi connectivity index (χ0n) is 15.0. The Hall–Kier alpha value is -3.18. The van der Waals surface area contributed by atoms with Crippen molar-refractivity contribution in [2.75, 3.05) is 13.6 Å². The molecule has 5 nitrogen and oxygen atoms in total. The number of phenols is 1. The van der Waals surface area contributed by atoms with Gasteiger partial charge in [-0.15, -0.1) is 0 Å². The molecule has 0 amide bonds. The van der Waals surface area contributed by atoms with E-state index in [2.05, 4.69) is 40.1 Å². The van der Waals surface area contributed by atoms with Crippen molar-refractivity contribution in [1.29, 1.82) is 0 Å². The van der Waals surface area contributed by atoms with Crippen LogP contribution in [0.2, 0.25) is 0 Å². The molecule has 0 fully saturated rings. The van der Waals surface area contributed by atoms with Gasteiger partial charge in [0.25, 0.3) is 0 Å². The lowest BCUT2D eigenvalue weighted by molar-refractivity contribution is 0.288. The summed E-state index contributed by atoms with van der Waals surface area (Å²) in [5.41, 5.74) is 4.90. The summed E-state index contributed by atoms with van der Waals surface area (Å²) >= 11 is 0. The highest BCUT2D eigenvalue weighted by molar-refractivity contribution is 5.78. The zero-order valence-corrected chi connectivity index (χ0v) is 15.0. The minimum Gasteiger partial charge on any atom is -0.507 e. The van der Waals surface area contributed by atoms with E-state index in [0.717, 1.165) is 28.6 Å². The summed E-state index contributed by atoms with van der Waals surface area (Å²) in [6.45, 7) is 1.60. The Morgan fingerprint density at radius 3 is 2.81 bits per heavy atom. The van der Waals surface area contributed by atoms with Gasteiger partial charge in [-0.25, -0.2) is 9.97 Å². The summed E-state index contributed by atoms with van der Waals surface area (Å²) < 4.78 is 5.47. The van der Waals surface area contributed by atoms with E-state index < -0.39 is 0 Å². The van der Waals surface area contributed by atoms with Crippen molar-refractivity contribution in [2.45, 2.75) is 12.5 Å². The van der Waals surface area contributed by atoms with Gasteiger partial charge in [-0.2, -0.15) is 0 Å². The quantitative estimate of drug-likeness (QED) is 0.583. The Morgan fingerprint density at radius 2 is 1.96 bits per heavy atom. The van der Waals surface area contributed by atoms with E-state index in [-0.39, 0.29) is 11.7 Å². The lowest BCUT2D eigenvalue weighted by atomic mass is 9.83. The minimum absolute atomic E-state index is 0.190. The van der Waals surface area contributed by atoms with Crippen molar-refractivity contribution in [2.24, 2.45) is 0 Å². The molecule has 1 unspecified atom stereocenters. The molecule has 1 atom stereocenters. The number of nitrogens with zero attached hydrogens (tertiary/aromatic N) is 3. The molecule has 0 saturated heterocycles. The van der Waals surface area contributed by atoms with Crippen molar-refractivity contribution in [3.63, 3.8) is 0 Å². The van der Waals surface area contributed by atoms with Crippen LogP contribution in [0.25, 0.3) is 22.4 Å². The first-order chi connectivity index (χ1) is 13.2. The number of aromatic nitrogens is 2. The Balaban J connectivity index is 1.64. The van der Waals surface area contributed by atoms with Crippen molar-refractivity contribution in [3.05, 3.63) is 77.8 Å². The summed E-state index contributed by atoms with van der Waals surface area (Å²) in [5, 5.41) is 12.1. The van der Waals surface area contributed by atoms with Crippen LogP contribution in [0.4, 0.5) is 0 Å². The topological polar surface area (TPSA) is 62.4 Å². The summed E-state index contributed by atoms with van der Waals surface area (Å²) in [6.07, 6.45) is 5.10. The molecular formula is C22H19N3O2. The number of phenolic OH excluding ortho intramolecular Hbond substituents is 1. The maximum atomic E-state index is 11.0. The largest absolute Gasteiger partial charge is 0.507 e. The third kappa shape index (κ3) is 2.67. The van der Waals surface area contributed by atoms with E-state index in [1.807, 2.05) is 18.2 Å². The lowest BCUT2D eigenvalue weighted by Gasteiger charge is -2.33. The van der Waals surface area contributed by atoms with Gasteiger partial charge in [0.1, 0.15) is 11.3 Å². The highest BCUT2D eigenvalue weighted by Gasteiger charge is 2.28. The van der Waals surface area contributed by atoms with E-state index in [0.29, 0.717) is 17.9 Å². The average Bonchev–Trinajstić information content (AvgIpc) is 3.17. The molecule has 4 aromatic rings. The Labute approximate surface area is 156 Å². The van der Waals surface area contributed by atoms with Gasteiger partial charge in [-0.1, -0.05) is 12.1 Å². The fourth-order valence-electron chi connectivity index (χ4n) is 3.99. The van der Waals surface area contributed by atoms with Gasteiger partial charge in [-0.3, -0.25) is 0 Å². The average molecular weight is 357 g/mol. The molecule has 0 spiro atoms. The second-order valence-corrected chi connectivity index (χ2v) is 7.07. The second-order valence-electron chi connectivity index (χ2n) is 7.07. The molecule has 1 aliphatic heterocycles. The van der Waals surface area contributed by atoms with Crippen LogP contribution in [0.1, 0.15) is 22.6 Å². The molecule has 0 radical (unpaired) electrons. The van der Waals surface area contributed by atoms with Crippen molar-refractivity contribution in [3.8, 4) is 17.1 Å². The highest BCUT2D eigenvalue weighted by atomic mass is 16.3. The third-order valence-corrected chi connectivity index (χ3v) is 5.30. The van der Waals surface area contributed by atoms with Gasteiger partial charge in [-0.05, 0) is 48.5 Å². The van der Waals surface area contributed by atoms with E-state index in [9.17, 15) is 5.11 Å². The smallest absolute Gasteiger partial charge is 0.162 e. The van der Waals surface area contributed by atoms with Crippen molar-refractivity contribution in [1.82, 2.24) is 14.9 Å². The van der Waals surface area contributed by atoms with Gasteiger partial charge >= 0.3 is 0 Å². The fraction of sp³-hybridized carbons (Fsp3) is 0.182. The number of hydrogen-bond acceptors (Lipinski definition) is 5. The number of hydrogen-bond donors (Lipinski definition) is 1.